The maximum atomic E-state index is 5.82. The molecule has 1 aliphatic carbocycles. The fourth-order valence-corrected chi connectivity index (χ4v) is 3.52. The summed E-state index contributed by atoms with van der Waals surface area (Å²) in [6.07, 6.45) is 8.40. The first kappa shape index (κ1) is 24.4. The Morgan fingerprint density at radius 1 is 1.04 bits per heavy atom. The van der Waals surface area contributed by atoms with Gasteiger partial charge in [-0.15, -0.1) is 24.8 Å². The molecule has 28 heavy (non-hydrogen) atoms. The van der Waals surface area contributed by atoms with Crippen LogP contribution in [0.25, 0.3) is 11.1 Å². The average molecular weight is 428 g/mol. The second kappa shape index (κ2) is 12.1. The molecule has 0 spiro atoms. The van der Waals surface area contributed by atoms with Gasteiger partial charge in [-0.2, -0.15) is 0 Å². The molecule has 0 aliphatic heterocycles. The van der Waals surface area contributed by atoms with Crippen LogP contribution in [0.2, 0.25) is 0 Å². The van der Waals surface area contributed by atoms with Crippen molar-refractivity contribution in [1.29, 1.82) is 0 Å². The zero-order chi connectivity index (χ0) is 18.4. The molecule has 0 radical (unpaired) electrons. The first-order chi connectivity index (χ1) is 12.7. The SMILES string of the molecule is CCOc1ccc(-c2cnc(N)nc2)cc1CNC1CCC(NC)CC1.Cl.Cl. The number of anilines is 1. The highest BCUT2D eigenvalue weighted by atomic mass is 35.5. The molecule has 0 atom stereocenters. The summed E-state index contributed by atoms with van der Waals surface area (Å²) in [6.45, 7) is 3.47. The lowest BCUT2D eigenvalue weighted by molar-refractivity contribution is 0.310. The summed E-state index contributed by atoms with van der Waals surface area (Å²) in [7, 11) is 2.05. The van der Waals surface area contributed by atoms with Crippen molar-refractivity contribution in [2.45, 2.75) is 51.2 Å². The lowest BCUT2D eigenvalue weighted by Gasteiger charge is -2.29. The van der Waals surface area contributed by atoms with Gasteiger partial charge in [-0.25, -0.2) is 9.97 Å². The zero-order valence-corrected chi connectivity index (χ0v) is 18.1. The molecular weight excluding hydrogens is 397 g/mol. The highest BCUT2D eigenvalue weighted by Gasteiger charge is 2.19. The molecular formula is C20H31Cl2N5O. The topological polar surface area (TPSA) is 85.1 Å². The van der Waals surface area contributed by atoms with Crippen molar-refractivity contribution in [3.63, 3.8) is 0 Å². The van der Waals surface area contributed by atoms with Crippen LogP contribution in [-0.2, 0) is 6.54 Å². The van der Waals surface area contributed by atoms with E-state index in [4.69, 9.17) is 10.5 Å². The number of hydrogen-bond acceptors (Lipinski definition) is 6. The van der Waals surface area contributed by atoms with Crippen molar-refractivity contribution in [3.8, 4) is 16.9 Å². The van der Waals surface area contributed by atoms with Crippen molar-refractivity contribution in [3.05, 3.63) is 36.2 Å². The van der Waals surface area contributed by atoms with E-state index in [-0.39, 0.29) is 24.8 Å². The van der Waals surface area contributed by atoms with E-state index in [1.54, 1.807) is 12.4 Å². The van der Waals surface area contributed by atoms with E-state index in [0.717, 1.165) is 29.0 Å². The summed E-state index contributed by atoms with van der Waals surface area (Å²) in [6, 6.07) is 7.47. The van der Waals surface area contributed by atoms with E-state index >= 15 is 0 Å². The van der Waals surface area contributed by atoms with Crippen LogP contribution in [0.1, 0.15) is 38.2 Å². The van der Waals surface area contributed by atoms with Crippen LogP contribution in [0, 0.1) is 0 Å². The second-order valence-corrected chi connectivity index (χ2v) is 6.80. The quantitative estimate of drug-likeness (QED) is 0.625. The molecule has 6 nitrogen and oxygen atoms in total. The molecule has 3 rings (SSSR count). The van der Waals surface area contributed by atoms with Crippen LogP contribution in [-0.4, -0.2) is 35.7 Å². The van der Waals surface area contributed by atoms with Gasteiger partial charge in [0.2, 0.25) is 5.95 Å². The Morgan fingerprint density at radius 2 is 1.68 bits per heavy atom. The van der Waals surface area contributed by atoms with E-state index in [1.165, 1.54) is 25.7 Å². The van der Waals surface area contributed by atoms with E-state index < -0.39 is 0 Å². The number of nitrogen functional groups attached to an aromatic ring is 1. The maximum Gasteiger partial charge on any atom is 0.219 e. The van der Waals surface area contributed by atoms with Crippen LogP contribution in [0.3, 0.4) is 0 Å². The number of rotatable bonds is 7. The first-order valence-electron chi connectivity index (χ1n) is 9.44. The molecule has 0 amide bonds. The Kier molecular flexibility index (Phi) is 10.5. The first-order valence-corrected chi connectivity index (χ1v) is 9.44. The Balaban J connectivity index is 0.00000196. The van der Waals surface area contributed by atoms with Gasteiger partial charge in [0.1, 0.15) is 5.75 Å². The molecule has 8 heteroatoms. The van der Waals surface area contributed by atoms with Crippen LogP contribution >= 0.6 is 24.8 Å². The van der Waals surface area contributed by atoms with Crippen LogP contribution in [0.4, 0.5) is 5.95 Å². The third-order valence-electron chi connectivity index (χ3n) is 5.08. The molecule has 0 unspecified atom stereocenters. The van der Waals surface area contributed by atoms with Gasteiger partial charge in [0, 0.05) is 42.1 Å². The highest BCUT2D eigenvalue weighted by molar-refractivity contribution is 5.85. The Bertz CT molecular complexity index is 706. The predicted molar refractivity (Wildman–Crippen MR) is 119 cm³/mol. The number of nitrogens with one attached hydrogen (secondary N) is 2. The molecule has 0 bridgehead atoms. The van der Waals surface area contributed by atoms with Crippen LogP contribution < -0.4 is 21.1 Å². The minimum atomic E-state index is 0. The van der Waals surface area contributed by atoms with Crippen molar-refractivity contribution in [1.82, 2.24) is 20.6 Å². The summed E-state index contributed by atoms with van der Waals surface area (Å²) in [5, 5.41) is 7.10. The fourth-order valence-electron chi connectivity index (χ4n) is 3.52. The van der Waals surface area contributed by atoms with E-state index in [0.29, 0.717) is 24.6 Å². The van der Waals surface area contributed by atoms with E-state index in [2.05, 4.69) is 33.7 Å². The molecule has 1 aliphatic rings. The minimum absolute atomic E-state index is 0. The number of hydrogen-bond donors (Lipinski definition) is 3. The van der Waals surface area contributed by atoms with Gasteiger partial charge in [-0.1, -0.05) is 6.07 Å². The number of nitrogens with two attached hydrogens (primary N) is 1. The molecule has 4 N–H and O–H groups in total. The van der Waals surface area contributed by atoms with Crippen molar-refractivity contribution >= 4 is 30.8 Å². The second-order valence-electron chi connectivity index (χ2n) is 6.80. The maximum absolute atomic E-state index is 5.82. The third-order valence-corrected chi connectivity index (χ3v) is 5.08. The molecule has 0 saturated heterocycles. The smallest absolute Gasteiger partial charge is 0.219 e. The summed E-state index contributed by atoms with van der Waals surface area (Å²) < 4.78 is 5.82. The monoisotopic (exact) mass is 427 g/mol. The minimum Gasteiger partial charge on any atom is -0.494 e. The summed E-state index contributed by atoms with van der Waals surface area (Å²) >= 11 is 0. The largest absolute Gasteiger partial charge is 0.494 e. The van der Waals surface area contributed by atoms with Gasteiger partial charge in [-0.3, -0.25) is 0 Å². The Hall–Kier alpha value is -1.60. The van der Waals surface area contributed by atoms with Crippen molar-refractivity contribution in [2.75, 3.05) is 19.4 Å². The molecule has 2 aromatic rings. The molecule has 1 saturated carbocycles. The fraction of sp³-hybridized carbons (Fsp3) is 0.500. The van der Waals surface area contributed by atoms with Gasteiger partial charge < -0.3 is 21.1 Å². The Morgan fingerprint density at radius 3 is 2.29 bits per heavy atom. The Labute approximate surface area is 179 Å². The van der Waals surface area contributed by atoms with Crippen LogP contribution in [0.5, 0.6) is 5.75 Å². The summed E-state index contributed by atoms with van der Waals surface area (Å²) in [4.78, 5) is 8.18. The summed E-state index contributed by atoms with van der Waals surface area (Å²) in [5.74, 6) is 1.22. The van der Waals surface area contributed by atoms with Gasteiger partial charge >= 0.3 is 0 Å². The lowest BCUT2D eigenvalue weighted by atomic mass is 9.91. The van der Waals surface area contributed by atoms with Crippen molar-refractivity contribution < 1.29 is 4.74 Å². The van der Waals surface area contributed by atoms with E-state index in [9.17, 15) is 0 Å². The number of aromatic nitrogens is 2. The molecule has 1 aromatic heterocycles. The zero-order valence-electron chi connectivity index (χ0n) is 16.5. The predicted octanol–water partition coefficient (Wildman–Crippen LogP) is 3.59. The van der Waals surface area contributed by atoms with Crippen molar-refractivity contribution in [2.24, 2.45) is 0 Å². The number of nitrogens with zero attached hydrogens (tertiary/aromatic N) is 2. The summed E-state index contributed by atoms with van der Waals surface area (Å²) in [5.41, 5.74) is 8.79. The van der Waals surface area contributed by atoms with Gasteiger partial charge in [0.25, 0.3) is 0 Å². The molecule has 1 aromatic carbocycles. The number of ether oxygens (including phenoxy) is 1. The van der Waals surface area contributed by atoms with Crippen LogP contribution in [0.15, 0.2) is 30.6 Å². The van der Waals surface area contributed by atoms with E-state index in [1.807, 2.05) is 19.1 Å². The highest BCUT2D eigenvalue weighted by Crippen LogP contribution is 2.27. The molecule has 1 heterocycles. The standard InChI is InChI=1S/C20H29N5O.2ClH/c1-3-26-19-9-4-14(16-12-24-20(21)25-13-16)10-15(19)11-23-18-7-5-17(22-2)6-8-18;;/h4,9-10,12-13,17-18,22-23H,3,5-8,11H2,1-2H3,(H2,21,24,25);2*1H. The normalized spacial score (nSPS) is 18.6. The number of halogens is 2. The lowest BCUT2D eigenvalue weighted by Crippen LogP contribution is -2.38. The molecule has 1 fully saturated rings. The van der Waals surface area contributed by atoms with Gasteiger partial charge in [0.15, 0.2) is 0 Å². The van der Waals surface area contributed by atoms with Gasteiger partial charge in [0.05, 0.1) is 6.61 Å². The average Bonchev–Trinajstić information content (AvgIpc) is 2.68. The van der Waals surface area contributed by atoms with Gasteiger partial charge in [-0.05, 0) is 57.4 Å². The third kappa shape index (κ3) is 6.48. The number of benzene rings is 1. The molecule has 156 valence electrons.